The summed E-state index contributed by atoms with van der Waals surface area (Å²) >= 11 is 0. The highest BCUT2D eigenvalue weighted by molar-refractivity contribution is 7.93. The van der Waals surface area contributed by atoms with Crippen LogP contribution in [-0.4, -0.2) is 43.7 Å². The van der Waals surface area contributed by atoms with E-state index in [1.165, 1.54) is 6.08 Å². The highest BCUT2D eigenvalue weighted by atomic mass is 32.2. The Morgan fingerprint density at radius 2 is 2.00 bits per heavy atom. The van der Waals surface area contributed by atoms with E-state index < -0.39 is 27.0 Å². The largest absolute Gasteiger partial charge is 0.478 e. The molecule has 0 bridgehead atoms. The van der Waals surface area contributed by atoms with E-state index >= 15 is 0 Å². The number of para-hydroxylation sites is 1. The zero-order valence-electron chi connectivity index (χ0n) is 14.6. The summed E-state index contributed by atoms with van der Waals surface area (Å²) in [6.07, 6.45) is 3.33. The number of carboxylic acid groups (broad SMARTS) is 1. The Balaban J connectivity index is 1.90. The Hall–Kier alpha value is -1.90. The van der Waals surface area contributed by atoms with Crippen molar-refractivity contribution in [3.05, 3.63) is 41.5 Å². The molecule has 1 saturated heterocycles. The fourth-order valence-corrected chi connectivity index (χ4v) is 5.02. The van der Waals surface area contributed by atoms with Gasteiger partial charge < -0.3 is 14.6 Å². The number of benzene rings is 1. The van der Waals surface area contributed by atoms with Crippen LogP contribution < -0.4 is 4.72 Å². The lowest BCUT2D eigenvalue weighted by atomic mass is 9.94. The fraction of sp³-hybridized carbons (Fsp3) is 0.500. The summed E-state index contributed by atoms with van der Waals surface area (Å²) in [5, 5.41) is 8.39. The number of rotatable bonds is 6. The molecule has 2 aliphatic rings. The Labute approximate surface area is 153 Å². The van der Waals surface area contributed by atoms with E-state index in [-0.39, 0.29) is 12.0 Å². The molecule has 1 atom stereocenters. The zero-order valence-corrected chi connectivity index (χ0v) is 15.4. The van der Waals surface area contributed by atoms with Gasteiger partial charge >= 0.3 is 5.97 Å². The van der Waals surface area contributed by atoms with Crippen LogP contribution in [0.3, 0.4) is 0 Å². The smallest absolute Gasteiger partial charge is 0.332 e. The van der Waals surface area contributed by atoms with Crippen molar-refractivity contribution in [2.24, 2.45) is 0 Å². The van der Waals surface area contributed by atoms with Crippen molar-refractivity contribution in [3.8, 4) is 0 Å². The van der Waals surface area contributed by atoms with Crippen LogP contribution in [0.1, 0.15) is 31.7 Å². The number of nitrogens with one attached hydrogen (secondary N) is 1. The standard InChI is InChI=1S/C18H23NO6S/c1-2-5-13-6-3-4-7-15(13)19-26(22,23)16-8-9-18(24-10-11-25-18)12-14(16)17(20)21/h3-4,6-7,12,16,19H,2,5,8-11H2,1H3,(H,20,21). The summed E-state index contributed by atoms with van der Waals surface area (Å²) in [5.41, 5.74) is 1.17. The summed E-state index contributed by atoms with van der Waals surface area (Å²) in [6.45, 7) is 2.74. The first-order valence-corrected chi connectivity index (χ1v) is 10.2. The van der Waals surface area contributed by atoms with Gasteiger partial charge in [0.15, 0.2) is 5.79 Å². The first-order valence-electron chi connectivity index (χ1n) is 8.70. The Morgan fingerprint density at radius 1 is 1.31 bits per heavy atom. The number of hydrogen-bond acceptors (Lipinski definition) is 5. The molecule has 1 fully saturated rings. The molecular weight excluding hydrogens is 358 g/mol. The van der Waals surface area contributed by atoms with Crippen molar-refractivity contribution in [2.75, 3.05) is 17.9 Å². The maximum atomic E-state index is 12.9. The average molecular weight is 381 g/mol. The number of hydrogen-bond donors (Lipinski definition) is 2. The Kier molecular flexibility index (Phi) is 5.36. The minimum absolute atomic E-state index is 0.114. The molecule has 1 unspecified atom stereocenters. The molecule has 0 radical (unpaired) electrons. The summed E-state index contributed by atoms with van der Waals surface area (Å²) in [4.78, 5) is 11.7. The number of sulfonamides is 1. The van der Waals surface area contributed by atoms with Crippen LogP contribution in [0.25, 0.3) is 0 Å². The molecule has 0 saturated carbocycles. The number of carbonyl (C=O) groups is 1. The van der Waals surface area contributed by atoms with Crippen LogP contribution >= 0.6 is 0 Å². The van der Waals surface area contributed by atoms with Gasteiger partial charge in [0.1, 0.15) is 5.25 Å². The van der Waals surface area contributed by atoms with Crippen molar-refractivity contribution in [1.29, 1.82) is 0 Å². The average Bonchev–Trinajstić information content (AvgIpc) is 3.04. The number of ether oxygens (including phenoxy) is 2. The minimum atomic E-state index is -3.93. The van der Waals surface area contributed by atoms with Crippen molar-refractivity contribution in [3.63, 3.8) is 0 Å². The monoisotopic (exact) mass is 381 g/mol. The number of anilines is 1. The van der Waals surface area contributed by atoms with Crippen molar-refractivity contribution in [1.82, 2.24) is 0 Å². The van der Waals surface area contributed by atoms with Crippen molar-refractivity contribution in [2.45, 2.75) is 43.6 Å². The molecule has 26 heavy (non-hydrogen) atoms. The third-order valence-corrected chi connectivity index (χ3v) is 6.41. The minimum Gasteiger partial charge on any atom is -0.478 e. The predicted octanol–water partition coefficient (Wildman–Crippen LogP) is 2.30. The lowest BCUT2D eigenvalue weighted by molar-refractivity contribution is -0.138. The quantitative estimate of drug-likeness (QED) is 0.784. The van der Waals surface area contributed by atoms with Crippen LogP contribution in [0, 0.1) is 0 Å². The van der Waals surface area contributed by atoms with E-state index in [2.05, 4.69) is 4.72 Å². The molecule has 0 aromatic heterocycles. The van der Waals surface area contributed by atoms with Gasteiger partial charge in [0, 0.05) is 6.42 Å². The molecule has 142 valence electrons. The normalized spacial score (nSPS) is 22.2. The van der Waals surface area contributed by atoms with E-state index in [0.717, 1.165) is 18.4 Å². The maximum Gasteiger partial charge on any atom is 0.332 e. The lowest BCUT2D eigenvalue weighted by Gasteiger charge is -2.32. The van der Waals surface area contributed by atoms with E-state index in [9.17, 15) is 18.3 Å². The molecule has 2 N–H and O–H groups in total. The van der Waals surface area contributed by atoms with Gasteiger partial charge in [0.25, 0.3) is 0 Å². The van der Waals surface area contributed by atoms with Gasteiger partial charge in [0.2, 0.25) is 10.0 Å². The van der Waals surface area contributed by atoms with Gasteiger partial charge in [-0.05, 0) is 30.5 Å². The first kappa shape index (κ1) is 18.9. The number of aliphatic carboxylic acids is 1. The molecule has 1 heterocycles. The highest BCUT2D eigenvalue weighted by Crippen LogP contribution is 2.37. The lowest BCUT2D eigenvalue weighted by Crippen LogP contribution is -2.41. The topological polar surface area (TPSA) is 102 Å². The summed E-state index contributed by atoms with van der Waals surface area (Å²) in [5.74, 6) is -2.39. The molecule has 1 aliphatic heterocycles. The van der Waals surface area contributed by atoms with Crippen LogP contribution in [-0.2, 0) is 30.7 Å². The van der Waals surface area contributed by atoms with Crippen LogP contribution in [0.2, 0.25) is 0 Å². The Bertz CT molecular complexity index is 811. The second kappa shape index (κ2) is 7.38. The molecular formula is C18H23NO6S. The maximum absolute atomic E-state index is 12.9. The third-order valence-electron chi connectivity index (χ3n) is 4.66. The van der Waals surface area contributed by atoms with Gasteiger partial charge in [-0.1, -0.05) is 31.5 Å². The molecule has 1 aromatic rings. The highest BCUT2D eigenvalue weighted by Gasteiger charge is 2.45. The summed E-state index contributed by atoms with van der Waals surface area (Å²) < 4.78 is 39.5. The fourth-order valence-electron chi connectivity index (χ4n) is 3.44. The SMILES string of the molecule is CCCc1ccccc1NS(=O)(=O)C1CCC2(C=C1C(=O)O)OCCO2. The van der Waals surface area contributed by atoms with Crippen LogP contribution in [0.5, 0.6) is 0 Å². The van der Waals surface area contributed by atoms with E-state index in [1.807, 2.05) is 19.1 Å². The van der Waals surface area contributed by atoms with Gasteiger partial charge in [-0.2, -0.15) is 0 Å². The zero-order chi connectivity index (χ0) is 18.8. The van der Waals surface area contributed by atoms with Gasteiger partial charge in [0.05, 0.1) is 24.5 Å². The molecule has 0 amide bonds. The molecule has 3 rings (SSSR count). The molecule has 1 spiro atoms. The summed E-state index contributed by atoms with van der Waals surface area (Å²) in [7, 11) is -3.93. The predicted molar refractivity (Wildman–Crippen MR) is 96.4 cm³/mol. The molecule has 8 heteroatoms. The second-order valence-corrected chi connectivity index (χ2v) is 8.36. The Morgan fingerprint density at radius 3 is 2.65 bits per heavy atom. The van der Waals surface area contributed by atoms with Crippen LogP contribution in [0.4, 0.5) is 5.69 Å². The van der Waals surface area contributed by atoms with E-state index in [4.69, 9.17) is 9.47 Å². The van der Waals surface area contributed by atoms with Crippen molar-refractivity contribution >= 4 is 21.7 Å². The summed E-state index contributed by atoms with van der Waals surface area (Å²) in [6, 6.07) is 7.16. The van der Waals surface area contributed by atoms with Gasteiger partial charge in [-0.15, -0.1) is 0 Å². The van der Waals surface area contributed by atoms with Gasteiger partial charge in [-0.3, -0.25) is 4.72 Å². The second-order valence-electron chi connectivity index (χ2n) is 6.50. The third kappa shape index (κ3) is 3.77. The first-order chi connectivity index (χ1) is 12.4. The molecule has 1 aliphatic carbocycles. The molecule has 1 aromatic carbocycles. The van der Waals surface area contributed by atoms with Gasteiger partial charge in [-0.25, -0.2) is 13.2 Å². The van der Waals surface area contributed by atoms with Crippen LogP contribution in [0.15, 0.2) is 35.9 Å². The van der Waals surface area contributed by atoms with Crippen molar-refractivity contribution < 1.29 is 27.8 Å². The molecule has 7 nitrogen and oxygen atoms in total. The number of carboxylic acids is 1. The number of aryl methyl sites for hydroxylation is 1. The van der Waals surface area contributed by atoms with E-state index in [1.54, 1.807) is 12.1 Å². The van der Waals surface area contributed by atoms with E-state index in [0.29, 0.717) is 25.3 Å².